The number of thioether (sulfide) groups is 1. The Labute approximate surface area is 247 Å². The second-order valence-corrected chi connectivity index (χ2v) is 13.9. The lowest BCUT2D eigenvalue weighted by Crippen LogP contribution is -2.73. The van der Waals surface area contributed by atoms with E-state index in [0.717, 1.165) is 37.8 Å². The Kier molecular flexibility index (Phi) is 8.74. The Hall–Kier alpha value is -2.00. The molecule has 0 radical (unpaired) electrons. The van der Waals surface area contributed by atoms with Gasteiger partial charge in [0.15, 0.2) is 6.35 Å². The Morgan fingerprint density at radius 3 is 2.90 bits per heavy atom. The van der Waals surface area contributed by atoms with E-state index >= 15 is 4.39 Å². The zero-order valence-electron chi connectivity index (χ0n) is 24.0. The number of nitriles is 1. The summed E-state index contributed by atoms with van der Waals surface area (Å²) in [5, 5.41) is 17.1. The van der Waals surface area contributed by atoms with Crippen molar-refractivity contribution in [3.8, 4) is 6.07 Å². The fourth-order valence-electron chi connectivity index (χ4n) is 7.82. The van der Waals surface area contributed by atoms with E-state index in [4.69, 9.17) is 4.74 Å². The minimum Gasteiger partial charge on any atom is -0.348 e. The number of hydrogen-bond donors (Lipinski definition) is 2. The third-order valence-corrected chi connectivity index (χ3v) is 11.8. The van der Waals surface area contributed by atoms with Crippen molar-refractivity contribution in [3.63, 3.8) is 0 Å². The van der Waals surface area contributed by atoms with Gasteiger partial charge in [-0.15, -0.1) is 11.8 Å². The number of piperazine rings is 1. The van der Waals surface area contributed by atoms with Crippen LogP contribution < -0.4 is 10.6 Å². The van der Waals surface area contributed by atoms with E-state index in [2.05, 4.69) is 58.3 Å². The zero-order valence-corrected chi connectivity index (χ0v) is 24.8. The highest BCUT2D eigenvalue weighted by Gasteiger charge is 2.54. The van der Waals surface area contributed by atoms with E-state index in [-0.39, 0.29) is 42.8 Å². The molecule has 4 aliphatic heterocycles. The van der Waals surface area contributed by atoms with Gasteiger partial charge in [0, 0.05) is 49.0 Å². The van der Waals surface area contributed by atoms with Crippen molar-refractivity contribution >= 4 is 17.7 Å². The molecule has 1 aliphatic carbocycles. The molecule has 1 spiro atoms. The predicted octanol–water partition coefficient (Wildman–Crippen LogP) is 3.11. The van der Waals surface area contributed by atoms with Crippen LogP contribution in [0.1, 0.15) is 44.1 Å². The number of carbonyl (C=O) groups excluding carboxylic acids is 1. The molecule has 2 N–H and O–H groups in total. The van der Waals surface area contributed by atoms with Crippen LogP contribution in [0.5, 0.6) is 0 Å². The van der Waals surface area contributed by atoms with Gasteiger partial charge in [0.2, 0.25) is 5.91 Å². The first-order chi connectivity index (χ1) is 19.9. The van der Waals surface area contributed by atoms with E-state index in [1.807, 2.05) is 6.07 Å². The topological polar surface area (TPSA) is 83.9 Å². The summed E-state index contributed by atoms with van der Waals surface area (Å²) in [7, 11) is 2.16. The molecular formula is C31H43FN6O2S. The second-order valence-electron chi connectivity index (χ2n) is 12.5. The summed E-state index contributed by atoms with van der Waals surface area (Å²) < 4.78 is 22.1. The molecule has 0 aromatic heterocycles. The highest BCUT2D eigenvalue weighted by molar-refractivity contribution is 8.00. The van der Waals surface area contributed by atoms with Crippen LogP contribution in [-0.2, 0) is 16.0 Å². The highest BCUT2D eigenvalue weighted by atomic mass is 32.2. The van der Waals surface area contributed by atoms with E-state index in [9.17, 15) is 10.1 Å². The van der Waals surface area contributed by atoms with Crippen molar-refractivity contribution in [1.29, 1.82) is 5.26 Å². The molecule has 6 rings (SSSR count). The number of nitrogens with zero attached hydrogens (tertiary/aromatic N) is 4. The number of fused-ring (bicyclic) bond motifs is 2. The van der Waals surface area contributed by atoms with Gasteiger partial charge in [-0.25, -0.2) is 4.39 Å². The SMILES string of the molecule is C=CC(=O)N1CCN(C2NC(OCC3CCCN3C)NC3C[C@]4(CCC32)Sc2ccccc2CC4F)CC1CC#N. The van der Waals surface area contributed by atoms with Crippen molar-refractivity contribution in [3.05, 3.63) is 42.5 Å². The number of ether oxygens (including phenoxy) is 1. The maximum atomic E-state index is 16.0. The molecule has 4 fully saturated rings. The predicted molar refractivity (Wildman–Crippen MR) is 158 cm³/mol. The molecule has 222 valence electrons. The van der Waals surface area contributed by atoms with Crippen LogP contribution in [0.2, 0.25) is 0 Å². The molecule has 8 atom stereocenters. The van der Waals surface area contributed by atoms with Crippen LogP contribution in [0.3, 0.4) is 0 Å². The van der Waals surface area contributed by atoms with E-state index in [1.54, 1.807) is 16.7 Å². The Bertz CT molecular complexity index is 1170. The number of likely N-dealkylation sites (tertiary alicyclic amines) is 1. The number of alkyl halides is 1. The van der Waals surface area contributed by atoms with Gasteiger partial charge in [0.05, 0.1) is 36.1 Å². The van der Waals surface area contributed by atoms with Crippen LogP contribution >= 0.6 is 11.8 Å². The Morgan fingerprint density at radius 2 is 2.12 bits per heavy atom. The first-order valence-corrected chi connectivity index (χ1v) is 16.0. The lowest BCUT2D eigenvalue weighted by atomic mass is 9.72. The molecule has 7 unspecified atom stereocenters. The number of likely N-dealkylation sites (N-methyl/N-ethyl adjacent to an activating group) is 1. The number of benzene rings is 1. The quantitative estimate of drug-likeness (QED) is 0.496. The van der Waals surface area contributed by atoms with Crippen LogP contribution in [0.15, 0.2) is 41.8 Å². The summed E-state index contributed by atoms with van der Waals surface area (Å²) in [6, 6.07) is 10.9. The summed E-state index contributed by atoms with van der Waals surface area (Å²) in [6.07, 6.45) is 5.69. The molecule has 0 bridgehead atoms. The highest BCUT2D eigenvalue weighted by Crippen LogP contribution is 2.54. The summed E-state index contributed by atoms with van der Waals surface area (Å²) >= 11 is 1.74. The monoisotopic (exact) mass is 582 g/mol. The minimum atomic E-state index is -0.890. The minimum absolute atomic E-state index is 0.0195. The fraction of sp³-hybridized carbons (Fsp3) is 0.677. The first kappa shape index (κ1) is 29.1. The van der Waals surface area contributed by atoms with E-state index in [1.165, 1.54) is 17.4 Å². The van der Waals surface area contributed by atoms with Gasteiger partial charge in [-0.3, -0.25) is 20.3 Å². The number of amides is 1. The maximum absolute atomic E-state index is 16.0. The molecule has 1 aromatic carbocycles. The number of halogens is 1. The molecule has 3 saturated heterocycles. The average Bonchev–Trinajstić information content (AvgIpc) is 3.40. The van der Waals surface area contributed by atoms with Crippen LogP contribution in [0.4, 0.5) is 4.39 Å². The molecule has 4 heterocycles. The van der Waals surface area contributed by atoms with Crippen molar-refractivity contribution in [1.82, 2.24) is 25.3 Å². The maximum Gasteiger partial charge on any atom is 0.246 e. The van der Waals surface area contributed by atoms with Gasteiger partial charge in [0.25, 0.3) is 0 Å². The van der Waals surface area contributed by atoms with Gasteiger partial charge >= 0.3 is 0 Å². The fourth-order valence-corrected chi connectivity index (χ4v) is 9.38. The smallest absolute Gasteiger partial charge is 0.246 e. The Morgan fingerprint density at radius 1 is 1.27 bits per heavy atom. The van der Waals surface area contributed by atoms with E-state index in [0.29, 0.717) is 38.7 Å². The largest absolute Gasteiger partial charge is 0.348 e. The lowest BCUT2D eigenvalue weighted by Gasteiger charge is -2.56. The number of hydrogen-bond acceptors (Lipinski definition) is 8. The molecule has 1 amide bonds. The van der Waals surface area contributed by atoms with Gasteiger partial charge < -0.3 is 14.5 Å². The van der Waals surface area contributed by atoms with Crippen LogP contribution in [0, 0.1) is 17.2 Å². The van der Waals surface area contributed by atoms with E-state index < -0.39 is 10.9 Å². The third-order valence-electron chi connectivity index (χ3n) is 10.2. The Balaban J connectivity index is 1.22. The summed E-state index contributed by atoms with van der Waals surface area (Å²) in [4.78, 5) is 20.3. The zero-order chi connectivity index (χ0) is 28.6. The molecule has 8 nitrogen and oxygen atoms in total. The number of rotatable bonds is 6. The molecule has 10 heteroatoms. The second kappa shape index (κ2) is 12.3. The first-order valence-electron chi connectivity index (χ1n) is 15.2. The van der Waals surface area contributed by atoms with Crippen molar-refractivity contribution in [2.45, 2.75) is 91.4 Å². The number of carbonyl (C=O) groups is 1. The van der Waals surface area contributed by atoms with Crippen LogP contribution in [-0.4, -0.2) is 102 Å². The molecule has 1 aromatic rings. The summed E-state index contributed by atoms with van der Waals surface area (Å²) in [6.45, 7) is 7.28. The molecule has 41 heavy (non-hydrogen) atoms. The summed E-state index contributed by atoms with van der Waals surface area (Å²) in [5.74, 6) is 0.148. The van der Waals surface area contributed by atoms with Crippen molar-refractivity contribution < 1.29 is 13.9 Å². The van der Waals surface area contributed by atoms with Crippen LogP contribution in [0.25, 0.3) is 0 Å². The standard InChI is InChI=1S/C31H43FN6O2S/c1-3-28(39)38-16-15-37(19-22(38)11-13-33)29-24-10-12-31(27(32)17-21-7-4-5-9-26(21)41-31)18-25(24)34-30(35-29)40-20-23-8-6-14-36(23)2/h3-5,7,9,22-25,27,29-30,34-35H,1,6,8,10-12,14-20H2,2H3/t22?,23?,24?,25?,27?,29?,30?,31-/m0/s1. The number of nitrogens with one attached hydrogen (secondary N) is 2. The van der Waals surface area contributed by atoms with Gasteiger partial charge in [0.1, 0.15) is 6.17 Å². The molecular weight excluding hydrogens is 539 g/mol. The van der Waals surface area contributed by atoms with Gasteiger partial charge in [-0.05, 0) is 63.4 Å². The lowest BCUT2D eigenvalue weighted by molar-refractivity contribution is -0.136. The van der Waals surface area contributed by atoms with Crippen molar-refractivity contribution in [2.75, 3.05) is 39.8 Å². The molecule has 1 saturated carbocycles. The van der Waals surface area contributed by atoms with Gasteiger partial charge in [-0.2, -0.15) is 5.26 Å². The third kappa shape index (κ3) is 5.82. The van der Waals surface area contributed by atoms with Crippen molar-refractivity contribution in [2.24, 2.45) is 5.92 Å². The van der Waals surface area contributed by atoms with Gasteiger partial charge in [-0.1, -0.05) is 24.8 Å². The average molecular weight is 583 g/mol. The normalized spacial score (nSPS) is 37.8. The molecule has 5 aliphatic rings. The summed E-state index contributed by atoms with van der Waals surface area (Å²) in [5.41, 5.74) is 1.12.